The quantitative estimate of drug-likeness (QED) is 0.747. The molecule has 0 bridgehead atoms. The van der Waals surface area contributed by atoms with E-state index >= 15 is 0 Å². The minimum absolute atomic E-state index is 0.0490. The number of aliphatic carboxylic acids is 1. The lowest BCUT2D eigenvalue weighted by Crippen LogP contribution is -2.38. The summed E-state index contributed by atoms with van der Waals surface area (Å²) in [7, 11) is 0. The molecule has 2 rings (SSSR count). The molecule has 1 unspecified atom stereocenters. The molecule has 1 atom stereocenters. The van der Waals surface area contributed by atoms with Gasteiger partial charge in [-0.15, -0.1) is 0 Å². The number of nitrogens with two attached hydrogens (primary N) is 1. The molecule has 104 valence electrons. The Morgan fingerprint density at radius 2 is 2.10 bits per heavy atom. The molecule has 6 nitrogen and oxygen atoms in total. The van der Waals surface area contributed by atoms with Crippen LogP contribution in [0.3, 0.4) is 0 Å². The van der Waals surface area contributed by atoms with E-state index in [4.69, 9.17) is 22.4 Å². The Morgan fingerprint density at radius 1 is 1.40 bits per heavy atom. The zero-order valence-corrected chi connectivity index (χ0v) is 11.3. The normalized spacial score (nSPS) is 12.1. The molecule has 0 spiro atoms. The molecule has 0 radical (unpaired) electrons. The van der Waals surface area contributed by atoms with Gasteiger partial charge in [-0.05, 0) is 25.1 Å². The van der Waals surface area contributed by atoms with E-state index in [0.717, 1.165) is 0 Å². The van der Waals surface area contributed by atoms with Crippen LogP contribution in [0.15, 0.2) is 24.4 Å². The third kappa shape index (κ3) is 2.50. The molecule has 1 amide bonds. The van der Waals surface area contributed by atoms with Crippen molar-refractivity contribution in [2.24, 2.45) is 0 Å². The number of carbonyl (C=O) groups excluding carboxylic acids is 1. The van der Waals surface area contributed by atoms with Crippen molar-refractivity contribution in [3.63, 3.8) is 0 Å². The molecular formula is C13H12ClN3O3. The fourth-order valence-electron chi connectivity index (χ4n) is 1.78. The zero-order chi connectivity index (χ0) is 14.9. The largest absolute Gasteiger partial charge is 0.480 e. The lowest BCUT2D eigenvalue weighted by molar-refractivity contribution is -0.138. The zero-order valence-electron chi connectivity index (χ0n) is 10.6. The monoisotopic (exact) mass is 293 g/mol. The molecule has 1 aromatic heterocycles. The maximum atomic E-state index is 12.1. The highest BCUT2D eigenvalue weighted by Gasteiger charge is 2.19. The number of carboxylic acids is 1. The number of benzene rings is 1. The van der Waals surface area contributed by atoms with E-state index in [1.54, 1.807) is 18.2 Å². The summed E-state index contributed by atoms with van der Waals surface area (Å²) in [5.41, 5.74) is 6.35. The molecule has 0 aliphatic carbocycles. The third-order valence-electron chi connectivity index (χ3n) is 2.84. The number of hydrogen-bond donors (Lipinski definition) is 3. The predicted molar refractivity (Wildman–Crippen MR) is 75.7 cm³/mol. The van der Waals surface area contributed by atoms with Crippen LogP contribution in [0, 0.1) is 0 Å². The highest BCUT2D eigenvalue weighted by molar-refractivity contribution is 6.37. The summed E-state index contributed by atoms with van der Waals surface area (Å²) in [4.78, 5) is 26.8. The van der Waals surface area contributed by atoms with Crippen LogP contribution >= 0.6 is 11.6 Å². The number of rotatable bonds is 3. The van der Waals surface area contributed by atoms with Crippen molar-refractivity contribution in [2.75, 3.05) is 5.73 Å². The second kappa shape index (κ2) is 5.34. The van der Waals surface area contributed by atoms with Crippen molar-refractivity contribution in [3.8, 4) is 0 Å². The Kier molecular flexibility index (Phi) is 3.76. The first-order chi connectivity index (χ1) is 9.41. The van der Waals surface area contributed by atoms with E-state index in [9.17, 15) is 9.59 Å². The Bertz CT molecular complexity index is 703. The van der Waals surface area contributed by atoms with Crippen LogP contribution in [0.4, 0.5) is 5.69 Å². The molecule has 0 aliphatic rings. The number of nitrogen functional groups attached to an aromatic ring is 1. The van der Waals surface area contributed by atoms with E-state index in [1.165, 1.54) is 13.1 Å². The molecule has 0 aliphatic heterocycles. The molecule has 0 saturated carbocycles. The number of carboxylic acid groups (broad SMARTS) is 1. The molecule has 7 heteroatoms. The van der Waals surface area contributed by atoms with Crippen LogP contribution in [0.1, 0.15) is 17.4 Å². The molecule has 2 aromatic rings. The first-order valence-corrected chi connectivity index (χ1v) is 6.16. The van der Waals surface area contributed by atoms with Gasteiger partial charge in [0.1, 0.15) is 11.7 Å². The third-order valence-corrected chi connectivity index (χ3v) is 3.16. The van der Waals surface area contributed by atoms with Crippen LogP contribution < -0.4 is 11.1 Å². The second-order valence-corrected chi connectivity index (χ2v) is 4.66. The summed E-state index contributed by atoms with van der Waals surface area (Å²) in [6.07, 6.45) is 1.43. The highest BCUT2D eigenvalue weighted by Crippen LogP contribution is 2.29. The van der Waals surface area contributed by atoms with Crippen LogP contribution in [0.25, 0.3) is 10.8 Å². The van der Waals surface area contributed by atoms with E-state index in [2.05, 4.69) is 10.3 Å². The number of anilines is 1. The van der Waals surface area contributed by atoms with Gasteiger partial charge in [0.15, 0.2) is 0 Å². The summed E-state index contributed by atoms with van der Waals surface area (Å²) in [6.45, 7) is 1.36. The van der Waals surface area contributed by atoms with Gasteiger partial charge in [0, 0.05) is 22.7 Å². The van der Waals surface area contributed by atoms with Crippen LogP contribution in [-0.4, -0.2) is 28.0 Å². The minimum Gasteiger partial charge on any atom is -0.480 e. The lowest BCUT2D eigenvalue weighted by atomic mass is 10.1. The topological polar surface area (TPSA) is 105 Å². The number of nitrogens with zero attached hydrogens (tertiary/aromatic N) is 1. The van der Waals surface area contributed by atoms with Crippen molar-refractivity contribution in [2.45, 2.75) is 13.0 Å². The van der Waals surface area contributed by atoms with Gasteiger partial charge in [-0.3, -0.25) is 14.6 Å². The summed E-state index contributed by atoms with van der Waals surface area (Å²) >= 11 is 6.09. The smallest absolute Gasteiger partial charge is 0.325 e. The Balaban J connectivity index is 2.52. The number of pyridine rings is 1. The van der Waals surface area contributed by atoms with Crippen molar-refractivity contribution in [1.82, 2.24) is 10.3 Å². The predicted octanol–water partition coefficient (Wildman–Crippen LogP) is 1.67. The summed E-state index contributed by atoms with van der Waals surface area (Å²) in [5, 5.41) is 12.5. The summed E-state index contributed by atoms with van der Waals surface area (Å²) < 4.78 is 0. The number of hydrogen-bond acceptors (Lipinski definition) is 4. The van der Waals surface area contributed by atoms with Crippen molar-refractivity contribution >= 4 is 39.9 Å². The van der Waals surface area contributed by atoms with Crippen LogP contribution in [-0.2, 0) is 4.79 Å². The van der Waals surface area contributed by atoms with Crippen LogP contribution in [0.5, 0.6) is 0 Å². The molecule has 0 fully saturated rings. The molecule has 4 N–H and O–H groups in total. The second-order valence-electron chi connectivity index (χ2n) is 4.25. The van der Waals surface area contributed by atoms with E-state index in [1.807, 2.05) is 0 Å². The summed E-state index contributed by atoms with van der Waals surface area (Å²) in [6, 6.07) is 3.82. The van der Waals surface area contributed by atoms with Gasteiger partial charge < -0.3 is 16.2 Å². The van der Waals surface area contributed by atoms with Gasteiger partial charge >= 0.3 is 5.97 Å². The Morgan fingerprint density at radius 3 is 2.75 bits per heavy atom. The molecule has 1 heterocycles. The summed E-state index contributed by atoms with van der Waals surface area (Å²) in [5.74, 6) is -1.75. The number of halogens is 1. The number of carbonyl (C=O) groups is 2. The Hall–Kier alpha value is -2.34. The standard InChI is InChI=1S/C13H12ClN3O3/c1-6(13(19)20)17-12(18)11-10-7(4-5-16-11)9(15)3-2-8(10)14/h2-6H,15H2,1H3,(H,17,18)(H,19,20). The fourth-order valence-corrected chi connectivity index (χ4v) is 2.03. The number of fused-ring (bicyclic) bond motifs is 1. The molecule has 0 saturated heterocycles. The minimum atomic E-state index is -1.14. The number of amides is 1. The fraction of sp³-hybridized carbons (Fsp3) is 0.154. The average Bonchev–Trinajstić information content (AvgIpc) is 2.42. The number of nitrogens with one attached hydrogen (secondary N) is 1. The maximum absolute atomic E-state index is 12.1. The number of aromatic nitrogens is 1. The van der Waals surface area contributed by atoms with Crippen LogP contribution in [0.2, 0.25) is 5.02 Å². The molecule has 20 heavy (non-hydrogen) atoms. The first kappa shape index (κ1) is 14.1. The van der Waals surface area contributed by atoms with E-state index in [0.29, 0.717) is 21.5 Å². The van der Waals surface area contributed by atoms with Gasteiger partial charge in [-0.2, -0.15) is 0 Å². The van der Waals surface area contributed by atoms with Crippen molar-refractivity contribution in [3.05, 3.63) is 35.1 Å². The van der Waals surface area contributed by atoms with Gasteiger partial charge in [-0.25, -0.2) is 0 Å². The van der Waals surface area contributed by atoms with Gasteiger partial charge in [0.05, 0.1) is 5.02 Å². The molecular weight excluding hydrogens is 282 g/mol. The average molecular weight is 294 g/mol. The highest BCUT2D eigenvalue weighted by atomic mass is 35.5. The first-order valence-electron chi connectivity index (χ1n) is 5.78. The van der Waals surface area contributed by atoms with E-state index in [-0.39, 0.29) is 5.69 Å². The Labute approximate surface area is 119 Å². The lowest BCUT2D eigenvalue weighted by Gasteiger charge is -2.12. The maximum Gasteiger partial charge on any atom is 0.325 e. The van der Waals surface area contributed by atoms with Gasteiger partial charge in [-0.1, -0.05) is 11.6 Å². The van der Waals surface area contributed by atoms with Crippen molar-refractivity contribution in [1.29, 1.82) is 0 Å². The van der Waals surface area contributed by atoms with Crippen molar-refractivity contribution < 1.29 is 14.7 Å². The van der Waals surface area contributed by atoms with Gasteiger partial charge in [0.25, 0.3) is 5.91 Å². The van der Waals surface area contributed by atoms with E-state index < -0.39 is 17.9 Å². The SMILES string of the molecule is CC(NC(=O)c1nccc2c(N)ccc(Cl)c12)C(=O)O. The van der Waals surface area contributed by atoms with Gasteiger partial charge in [0.2, 0.25) is 0 Å². The molecule has 1 aromatic carbocycles.